The van der Waals surface area contributed by atoms with Crippen molar-refractivity contribution in [1.29, 1.82) is 0 Å². The third-order valence-corrected chi connectivity index (χ3v) is 6.08. The van der Waals surface area contributed by atoms with E-state index in [1.54, 1.807) is 6.07 Å². The average Bonchev–Trinajstić information content (AvgIpc) is 3.44. The zero-order chi connectivity index (χ0) is 21.6. The van der Waals surface area contributed by atoms with Crippen molar-refractivity contribution in [1.82, 2.24) is 15.0 Å². The summed E-state index contributed by atoms with van der Waals surface area (Å²) in [7, 11) is 0. The van der Waals surface area contributed by atoms with E-state index in [1.165, 1.54) is 44.2 Å². The van der Waals surface area contributed by atoms with Crippen LogP contribution >= 0.6 is 0 Å². The first-order valence-corrected chi connectivity index (χ1v) is 11.2. The van der Waals surface area contributed by atoms with Crippen molar-refractivity contribution in [2.24, 2.45) is 5.92 Å². The molecule has 0 amide bonds. The second kappa shape index (κ2) is 9.90. The zero-order valence-corrected chi connectivity index (χ0v) is 17.7. The lowest BCUT2D eigenvalue weighted by molar-refractivity contribution is -0.138. The average molecular weight is 425 g/mol. The van der Waals surface area contributed by atoms with Gasteiger partial charge in [-0.15, -0.1) is 0 Å². The fraction of sp³-hybridized carbons (Fsp3) is 0.458. The number of rotatable bonds is 4. The van der Waals surface area contributed by atoms with Crippen molar-refractivity contribution >= 4 is 22.8 Å². The number of hydrogen-bond acceptors (Lipinski definition) is 4. The molecule has 2 fully saturated rings. The number of imidazole rings is 1. The molecule has 2 N–H and O–H groups in total. The van der Waals surface area contributed by atoms with Crippen LogP contribution in [0.15, 0.2) is 36.5 Å². The minimum atomic E-state index is -0.632. The van der Waals surface area contributed by atoms with Crippen LogP contribution in [0.2, 0.25) is 0 Å². The Morgan fingerprint density at radius 2 is 1.87 bits per heavy atom. The maximum atomic E-state index is 13.2. The molecule has 0 radical (unpaired) electrons. The van der Waals surface area contributed by atoms with Crippen molar-refractivity contribution in [2.75, 3.05) is 18.0 Å². The lowest BCUT2D eigenvalue weighted by Gasteiger charge is -2.18. The summed E-state index contributed by atoms with van der Waals surface area (Å²) < 4.78 is 13.2. The minimum absolute atomic E-state index is 0.264. The van der Waals surface area contributed by atoms with Crippen LogP contribution in [0.5, 0.6) is 0 Å². The molecule has 1 saturated carbocycles. The van der Waals surface area contributed by atoms with Gasteiger partial charge in [0.05, 0.1) is 11.0 Å². The van der Waals surface area contributed by atoms with Crippen molar-refractivity contribution in [2.45, 2.75) is 51.4 Å². The molecule has 0 bridgehead atoms. The molecule has 3 aromatic rings. The Morgan fingerprint density at radius 3 is 2.55 bits per heavy atom. The van der Waals surface area contributed by atoms with Crippen molar-refractivity contribution in [3.63, 3.8) is 0 Å². The van der Waals surface area contributed by atoms with Gasteiger partial charge >= 0.3 is 5.97 Å². The topological polar surface area (TPSA) is 82.1 Å². The standard InChI is InChI=1S/C16H15FN4.C8H14O2/c17-12-4-5-13-14(9-12)20-16(19-13)11-3-6-15(18-10-11)21-7-1-2-8-21;9-8(10)6-7-4-2-1-3-5-7/h3-6,9-10H,1-2,7-8H2,(H,19,20);7H,1-6H2,(H,9,10). The van der Waals surface area contributed by atoms with E-state index in [2.05, 4.69) is 19.9 Å². The molecule has 0 spiro atoms. The summed E-state index contributed by atoms with van der Waals surface area (Å²) in [6.45, 7) is 2.16. The summed E-state index contributed by atoms with van der Waals surface area (Å²) in [5.41, 5.74) is 2.37. The first kappa shape index (κ1) is 21.3. The van der Waals surface area contributed by atoms with Gasteiger partial charge in [-0.3, -0.25) is 4.79 Å². The Kier molecular flexibility index (Phi) is 6.79. The molecular weight excluding hydrogens is 395 g/mol. The van der Waals surface area contributed by atoms with Crippen molar-refractivity contribution in [3.05, 3.63) is 42.3 Å². The van der Waals surface area contributed by atoms with E-state index in [0.717, 1.165) is 48.7 Å². The zero-order valence-electron chi connectivity index (χ0n) is 17.7. The number of aromatic amines is 1. The van der Waals surface area contributed by atoms with Crippen LogP contribution in [0.25, 0.3) is 22.4 Å². The molecule has 1 saturated heterocycles. The van der Waals surface area contributed by atoms with Crippen LogP contribution in [-0.4, -0.2) is 39.1 Å². The van der Waals surface area contributed by atoms with E-state index >= 15 is 0 Å². The highest BCUT2D eigenvalue weighted by Gasteiger charge is 2.16. The maximum absolute atomic E-state index is 13.2. The second-order valence-electron chi connectivity index (χ2n) is 8.45. The van der Waals surface area contributed by atoms with Gasteiger partial charge in [-0.2, -0.15) is 0 Å². The minimum Gasteiger partial charge on any atom is -0.481 e. The molecule has 0 unspecified atom stereocenters. The summed E-state index contributed by atoms with van der Waals surface area (Å²) in [6, 6.07) is 8.58. The molecule has 5 rings (SSSR count). The largest absolute Gasteiger partial charge is 0.481 e. The van der Waals surface area contributed by atoms with Gasteiger partial charge in [-0.1, -0.05) is 19.3 Å². The number of benzene rings is 1. The molecule has 3 heterocycles. The number of anilines is 1. The van der Waals surface area contributed by atoms with Crippen LogP contribution in [0, 0.1) is 11.7 Å². The van der Waals surface area contributed by atoms with E-state index in [-0.39, 0.29) is 5.82 Å². The number of fused-ring (bicyclic) bond motifs is 1. The van der Waals surface area contributed by atoms with E-state index in [9.17, 15) is 9.18 Å². The van der Waals surface area contributed by atoms with E-state index < -0.39 is 5.97 Å². The maximum Gasteiger partial charge on any atom is 0.303 e. The molecule has 6 nitrogen and oxygen atoms in total. The number of halogens is 1. The number of carbonyl (C=O) groups is 1. The molecule has 2 aromatic heterocycles. The summed E-state index contributed by atoms with van der Waals surface area (Å²) in [6.07, 6.45) is 10.7. The van der Waals surface area contributed by atoms with Gasteiger partial charge in [-0.25, -0.2) is 14.4 Å². The van der Waals surface area contributed by atoms with Crippen LogP contribution in [0.1, 0.15) is 51.4 Å². The van der Waals surface area contributed by atoms with E-state index in [0.29, 0.717) is 17.9 Å². The lowest BCUT2D eigenvalue weighted by atomic mass is 9.87. The molecule has 2 aliphatic rings. The molecular formula is C24H29FN4O2. The SMILES string of the molecule is Fc1ccc2nc(-c3ccc(N4CCCC4)nc3)[nH]c2c1.O=C(O)CC1CCCCC1. The Balaban J connectivity index is 0.000000196. The number of aromatic nitrogens is 3. The number of H-pyrrole nitrogens is 1. The Labute approximate surface area is 181 Å². The number of pyridine rings is 1. The van der Waals surface area contributed by atoms with Gasteiger partial charge in [0.15, 0.2) is 0 Å². The van der Waals surface area contributed by atoms with Gasteiger partial charge in [-0.05, 0) is 61.9 Å². The molecule has 0 atom stereocenters. The quantitative estimate of drug-likeness (QED) is 0.586. The van der Waals surface area contributed by atoms with Crippen LogP contribution in [-0.2, 0) is 4.79 Å². The molecule has 1 aliphatic heterocycles. The number of aliphatic carboxylic acids is 1. The number of carboxylic acids is 1. The first-order chi connectivity index (χ1) is 15.1. The van der Waals surface area contributed by atoms with Crippen LogP contribution < -0.4 is 4.90 Å². The molecule has 1 aromatic carbocycles. The predicted molar refractivity (Wildman–Crippen MR) is 120 cm³/mol. The van der Waals surface area contributed by atoms with Gasteiger partial charge in [0.1, 0.15) is 17.5 Å². The Hall–Kier alpha value is -2.96. The summed E-state index contributed by atoms with van der Waals surface area (Å²) in [5.74, 6) is 1.31. The van der Waals surface area contributed by atoms with Crippen molar-refractivity contribution < 1.29 is 14.3 Å². The van der Waals surface area contributed by atoms with Crippen LogP contribution in [0.3, 0.4) is 0 Å². The third kappa shape index (κ3) is 5.60. The third-order valence-electron chi connectivity index (χ3n) is 6.08. The molecule has 31 heavy (non-hydrogen) atoms. The van der Waals surface area contributed by atoms with Gasteiger partial charge in [0.2, 0.25) is 0 Å². The highest BCUT2D eigenvalue weighted by atomic mass is 19.1. The smallest absolute Gasteiger partial charge is 0.303 e. The van der Waals surface area contributed by atoms with Gasteiger partial charge in [0.25, 0.3) is 0 Å². The van der Waals surface area contributed by atoms with Crippen LogP contribution in [0.4, 0.5) is 10.2 Å². The van der Waals surface area contributed by atoms with Crippen molar-refractivity contribution in [3.8, 4) is 11.4 Å². The number of nitrogens with one attached hydrogen (secondary N) is 1. The number of nitrogens with zero attached hydrogens (tertiary/aromatic N) is 3. The highest BCUT2D eigenvalue weighted by molar-refractivity contribution is 5.79. The molecule has 7 heteroatoms. The Bertz CT molecular complexity index is 1010. The lowest BCUT2D eigenvalue weighted by Crippen LogP contribution is -2.18. The molecule has 164 valence electrons. The number of carboxylic acid groups (broad SMARTS) is 1. The highest BCUT2D eigenvalue weighted by Crippen LogP contribution is 2.26. The fourth-order valence-corrected chi connectivity index (χ4v) is 4.42. The van der Waals surface area contributed by atoms with E-state index in [4.69, 9.17) is 5.11 Å². The number of hydrogen-bond donors (Lipinski definition) is 2. The van der Waals surface area contributed by atoms with Gasteiger partial charge < -0.3 is 15.0 Å². The Morgan fingerprint density at radius 1 is 1.10 bits per heavy atom. The summed E-state index contributed by atoms with van der Waals surface area (Å²) in [5, 5.41) is 8.47. The molecule has 1 aliphatic carbocycles. The predicted octanol–water partition coefficient (Wildman–Crippen LogP) is 5.41. The monoisotopic (exact) mass is 424 g/mol. The fourth-order valence-electron chi connectivity index (χ4n) is 4.42. The summed E-state index contributed by atoms with van der Waals surface area (Å²) >= 11 is 0. The first-order valence-electron chi connectivity index (χ1n) is 11.2. The van der Waals surface area contributed by atoms with E-state index in [1.807, 2.05) is 18.3 Å². The van der Waals surface area contributed by atoms with Gasteiger partial charge in [0, 0.05) is 31.3 Å². The summed E-state index contributed by atoms with van der Waals surface area (Å²) in [4.78, 5) is 24.7. The normalized spacial score (nSPS) is 16.9. The second-order valence-corrected chi connectivity index (χ2v) is 8.45.